The van der Waals surface area contributed by atoms with Crippen molar-refractivity contribution in [1.82, 2.24) is 4.90 Å². The smallest absolute Gasteiger partial charge is 0.318 e. The van der Waals surface area contributed by atoms with E-state index in [0.717, 1.165) is 13.1 Å². The summed E-state index contributed by atoms with van der Waals surface area (Å²) in [5, 5.41) is 9.28. The van der Waals surface area contributed by atoms with Gasteiger partial charge in [-0.25, -0.2) is 0 Å². The SMILES string of the molecule is O=CC(C(=O)O)c1c(Cl)ccc(OCCN2CCOCC2)c1Cl. The molecular formula is C15H17Cl2NO5. The van der Waals surface area contributed by atoms with E-state index in [0.29, 0.717) is 38.4 Å². The second-order valence-electron chi connectivity index (χ2n) is 5.03. The molecule has 1 fully saturated rings. The Labute approximate surface area is 143 Å². The van der Waals surface area contributed by atoms with Crippen LogP contribution >= 0.6 is 23.2 Å². The molecule has 0 radical (unpaired) electrons. The minimum atomic E-state index is -1.42. The second-order valence-corrected chi connectivity index (χ2v) is 5.81. The van der Waals surface area contributed by atoms with Gasteiger partial charge in [0, 0.05) is 30.2 Å². The number of aldehydes is 1. The summed E-state index contributed by atoms with van der Waals surface area (Å²) in [6, 6.07) is 3.05. The lowest BCUT2D eigenvalue weighted by Crippen LogP contribution is -2.38. The highest BCUT2D eigenvalue weighted by atomic mass is 35.5. The summed E-state index contributed by atoms with van der Waals surface area (Å²) in [4.78, 5) is 24.4. The molecule has 1 aliphatic rings. The summed E-state index contributed by atoms with van der Waals surface area (Å²) in [5.74, 6) is -2.42. The van der Waals surface area contributed by atoms with Crippen LogP contribution in [0.15, 0.2) is 12.1 Å². The molecule has 23 heavy (non-hydrogen) atoms. The molecule has 1 N–H and O–H groups in total. The van der Waals surface area contributed by atoms with Crippen molar-refractivity contribution in [3.8, 4) is 5.75 Å². The minimum absolute atomic E-state index is 0.0546. The Morgan fingerprint density at radius 3 is 2.70 bits per heavy atom. The zero-order chi connectivity index (χ0) is 16.8. The largest absolute Gasteiger partial charge is 0.491 e. The van der Waals surface area contributed by atoms with Crippen molar-refractivity contribution in [3.63, 3.8) is 0 Å². The first-order valence-electron chi connectivity index (χ1n) is 7.13. The molecule has 6 nitrogen and oxygen atoms in total. The predicted molar refractivity (Wildman–Crippen MR) is 85.7 cm³/mol. The first-order chi connectivity index (χ1) is 11.0. The first kappa shape index (κ1) is 18.0. The Morgan fingerprint density at radius 1 is 1.39 bits per heavy atom. The lowest BCUT2D eigenvalue weighted by atomic mass is 10.0. The van der Waals surface area contributed by atoms with Gasteiger partial charge in [0.25, 0.3) is 0 Å². The molecule has 1 heterocycles. The van der Waals surface area contributed by atoms with E-state index in [2.05, 4.69) is 4.90 Å². The number of carboxylic acids is 1. The molecule has 2 rings (SSSR count). The van der Waals surface area contributed by atoms with Gasteiger partial charge in [-0.3, -0.25) is 9.69 Å². The molecule has 8 heteroatoms. The number of carbonyl (C=O) groups is 2. The number of benzene rings is 1. The molecule has 0 amide bonds. The van der Waals surface area contributed by atoms with E-state index < -0.39 is 11.9 Å². The molecule has 1 saturated heterocycles. The number of halogens is 2. The third kappa shape index (κ3) is 4.57. The molecule has 1 atom stereocenters. The lowest BCUT2D eigenvalue weighted by molar-refractivity contribution is -0.140. The number of carboxylic acid groups (broad SMARTS) is 1. The van der Waals surface area contributed by atoms with Crippen molar-refractivity contribution >= 4 is 35.5 Å². The monoisotopic (exact) mass is 361 g/mol. The summed E-state index contributed by atoms with van der Waals surface area (Å²) in [6.45, 7) is 4.18. The van der Waals surface area contributed by atoms with Crippen molar-refractivity contribution in [2.45, 2.75) is 5.92 Å². The van der Waals surface area contributed by atoms with E-state index in [1.165, 1.54) is 6.07 Å². The third-order valence-electron chi connectivity index (χ3n) is 3.57. The Morgan fingerprint density at radius 2 is 2.09 bits per heavy atom. The standard InChI is InChI=1S/C15H17Cl2NO5/c16-11-1-2-12(14(17)13(11)10(9-19)15(20)21)23-8-5-18-3-6-22-7-4-18/h1-2,9-10H,3-8H2,(H,20,21). The lowest BCUT2D eigenvalue weighted by Gasteiger charge is -2.26. The van der Waals surface area contributed by atoms with Crippen LogP contribution in [0.1, 0.15) is 11.5 Å². The van der Waals surface area contributed by atoms with Crippen LogP contribution in [0.25, 0.3) is 0 Å². The highest BCUT2D eigenvalue weighted by molar-refractivity contribution is 6.37. The van der Waals surface area contributed by atoms with Gasteiger partial charge in [0.05, 0.1) is 18.2 Å². The van der Waals surface area contributed by atoms with Gasteiger partial charge in [-0.15, -0.1) is 0 Å². The van der Waals surface area contributed by atoms with E-state index in [9.17, 15) is 9.59 Å². The number of aliphatic carboxylic acids is 1. The highest BCUT2D eigenvalue weighted by Gasteiger charge is 2.26. The van der Waals surface area contributed by atoms with Gasteiger partial charge >= 0.3 is 5.97 Å². The van der Waals surface area contributed by atoms with Gasteiger partial charge in [-0.2, -0.15) is 0 Å². The summed E-state index contributed by atoms with van der Waals surface area (Å²) >= 11 is 12.2. The maximum atomic E-state index is 11.2. The van der Waals surface area contributed by atoms with Crippen LogP contribution in [0.3, 0.4) is 0 Å². The highest BCUT2D eigenvalue weighted by Crippen LogP contribution is 2.37. The van der Waals surface area contributed by atoms with Crippen LogP contribution < -0.4 is 4.74 Å². The fourth-order valence-electron chi connectivity index (χ4n) is 2.31. The Kier molecular flexibility index (Phi) is 6.65. The molecule has 0 aliphatic carbocycles. The molecule has 0 saturated carbocycles. The molecular weight excluding hydrogens is 345 g/mol. The summed E-state index contributed by atoms with van der Waals surface area (Å²) in [5.41, 5.74) is 0.0553. The van der Waals surface area contributed by atoms with Gasteiger partial charge in [0.1, 0.15) is 24.6 Å². The Bertz CT molecular complexity index is 575. The molecule has 1 aromatic rings. The number of rotatable bonds is 7. The van der Waals surface area contributed by atoms with Crippen LogP contribution in [0.5, 0.6) is 5.75 Å². The third-order valence-corrected chi connectivity index (χ3v) is 4.29. The first-order valence-corrected chi connectivity index (χ1v) is 7.89. The van der Waals surface area contributed by atoms with Crippen LogP contribution in [0.2, 0.25) is 10.0 Å². The van der Waals surface area contributed by atoms with Gasteiger partial charge in [-0.05, 0) is 12.1 Å². The van der Waals surface area contributed by atoms with Crippen molar-refractivity contribution in [2.75, 3.05) is 39.5 Å². The fourth-order valence-corrected chi connectivity index (χ4v) is 2.97. The molecule has 0 spiro atoms. The maximum absolute atomic E-state index is 11.2. The van der Waals surface area contributed by atoms with Crippen molar-refractivity contribution in [1.29, 1.82) is 0 Å². The van der Waals surface area contributed by atoms with Gasteiger partial charge in [0.2, 0.25) is 0 Å². The Balaban J connectivity index is 2.07. The number of hydrogen-bond acceptors (Lipinski definition) is 5. The Hall–Kier alpha value is -1.34. The van der Waals surface area contributed by atoms with Crippen LogP contribution in [-0.2, 0) is 14.3 Å². The normalized spacial score (nSPS) is 16.8. The van der Waals surface area contributed by atoms with E-state index in [-0.39, 0.29) is 15.6 Å². The van der Waals surface area contributed by atoms with Gasteiger partial charge < -0.3 is 19.4 Å². The topological polar surface area (TPSA) is 76.1 Å². The molecule has 0 bridgehead atoms. The molecule has 1 unspecified atom stereocenters. The summed E-state index contributed by atoms with van der Waals surface area (Å²) < 4.78 is 10.9. The second kappa shape index (κ2) is 8.49. The number of nitrogens with zero attached hydrogens (tertiary/aromatic N) is 1. The predicted octanol–water partition coefficient (Wildman–Crippen LogP) is 2.07. The van der Waals surface area contributed by atoms with E-state index >= 15 is 0 Å². The van der Waals surface area contributed by atoms with Crippen molar-refractivity contribution in [3.05, 3.63) is 27.7 Å². The van der Waals surface area contributed by atoms with Crippen LogP contribution in [0, 0.1) is 0 Å². The average Bonchev–Trinajstić information content (AvgIpc) is 2.54. The van der Waals surface area contributed by atoms with E-state index in [1.807, 2.05) is 0 Å². The number of carbonyl (C=O) groups excluding carboxylic acids is 1. The summed E-state index contributed by atoms with van der Waals surface area (Å²) in [7, 11) is 0. The number of hydrogen-bond donors (Lipinski definition) is 1. The minimum Gasteiger partial charge on any atom is -0.491 e. The van der Waals surface area contributed by atoms with E-state index in [1.54, 1.807) is 6.07 Å². The van der Waals surface area contributed by atoms with Crippen molar-refractivity contribution in [2.24, 2.45) is 0 Å². The molecule has 126 valence electrons. The number of morpholine rings is 1. The molecule has 1 aliphatic heterocycles. The van der Waals surface area contributed by atoms with Crippen LogP contribution in [0.4, 0.5) is 0 Å². The van der Waals surface area contributed by atoms with Crippen LogP contribution in [-0.4, -0.2) is 61.7 Å². The zero-order valence-corrected chi connectivity index (χ0v) is 13.8. The molecule has 1 aromatic carbocycles. The maximum Gasteiger partial charge on any atom is 0.318 e. The van der Waals surface area contributed by atoms with Gasteiger partial charge in [-0.1, -0.05) is 23.2 Å². The fraction of sp³-hybridized carbons (Fsp3) is 0.467. The van der Waals surface area contributed by atoms with Gasteiger partial charge in [0.15, 0.2) is 0 Å². The average molecular weight is 362 g/mol. The van der Waals surface area contributed by atoms with E-state index in [4.69, 9.17) is 37.8 Å². The number of ether oxygens (including phenoxy) is 2. The van der Waals surface area contributed by atoms with Crippen molar-refractivity contribution < 1.29 is 24.2 Å². The quantitative estimate of drug-likeness (QED) is 0.591. The zero-order valence-electron chi connectivity index (χ0n) is 12.3. The molecule has 0 aromatic heterocycles. The summed E-state index contributed by atoms with van der Waals surface area (Å²) in [6.07, 6.45) is 0.299.